The summed E-state index contributed by atoms with van der Waals surface area (Å²) in [7, 11) is 0. The summed E-state index contributed by atoms with van der Waals surface area (Å²) in [5, 5.41) is 9.44. The van der Waals surface area contributed by atoms with Crippen molar-refractivity contribution in [3.8, 4) is 5.69 Å². The fourth-order valence-corrected chi connectivity index (χ4v) is 6.46. The lowest BCUT2D eigenvalue weighted by atomic mass is 9.64. The molecular weight excluding hydrogens is 451 g/mol. The fourth-order valence-electron chi connectivity index (χ4n) is 5.50. The Balaban J connectivity index is 1.30. The van der Waals surface area contributed by atoms with Gasteiger partial charge in [0.05, 0.1) is 27.6 Å². The molecule has 3 aromatic heterocycles. The number of hydrogen-bond acceptors (Lipinski definition) is 6. The van der Waals surface area contributed by atoms with Crippen LogP contribution in [-0.2, 0) is 6.42 Å². The number of rotatable bonds is 5. The summed E-state index contributed by atoms with van der Waals surface area (Å²) in [6.07, 6.45) is 6.87. The molecule has 4 aromatic rings. The van der Waals surface area contributed by atoms with Gasteiger partial charge in [-0.2, -0.15) is 10.2 Å². The van der Waals surface area contributed by atoms with Gasteiger partial charge in [0.1, 0.15) is 11.5 Å². The normalized spacial score (nSPS) is 23.8. The summed E-state index contributed by atoms with van der Waals surface area (Å²) >= 11 is 1.60. The first-order valence-corrected chi connectivity index (χ1v) is 12.5. The van der Waals surface area contributed by atoms with E-state index in [1.54, 1.807) is 29.8 Å². The SMILES string of the molecule is Cc1ccc(-n2nccn2)c(C(=O)N2C3CC(C3)[C@@H](C)C2CCc2nc3cc(F)ccc3s2)n1. The Morgan fingerprint density at radius 1 is 1.15 bits per heavy atom. The molecule has 0 radical (unpaired) electrons. The number of aryl methyl sites for hydroxylation is 2. The van der Waals surface area contributed by atoms with Gasteiger partial charge in [-0.3, -0.25) is 4.79 Å². The molecule has 0 spiro atoms. The Hall–Kier alpha value is -3.20. The molecule has 2 saturated heterocycles. The lowest BCUT2D eigenvalue weighted by Gasteiger charge is -2.57. The number of amides is 1. The van der Waals surface area contributed by atoms with Gasteiger partial charge in [0, 0.05) is 30.3 Å². The van der Waals surface area contributed by atoms with E-state index < -0.39 is 0 Å². The van der Waals surface area contributed by atoms with Gasteiger partial charge in [0.2, 0.25) is 0 Å². The van der Waals surface area contributed by atoms with Crippen LogP contribution in [0.4, 0.5) is 4.39 Å². The Morgan fingerprint density at radius 2 is 1.94 bits per heavy atom. The summed E-state index contributed by atoms with van der Waals surface area (Å²) in [5.74, 6) is 0.732. The standard InChI is InChI=1S/C25H25FN6OS/c1-14-3-5-21(32-27-9-10-28-32)24(29-14)25(33)31-18-11-16(12-18)15(2)20(31)6-8-23-30-19-13-17(26)4-7-22(19)34-23/h3-5,7,9-10,13,15-16,18,20H,6,8,11-12H2,1-2H3/t15-,16?,18?,20?/m1/s1. The summed E-state index contributed by atoms with van der Waals surface area (Å²) in [6, 6.07) is 8.83. The van der Waals surface area contributed by atoms with Crippen molar-refractivity contribution in [3.63, 3.8) is 0 Å². The second-order valence-electron chi connectivity index (χ2n) is 9.42. The molecule has 5 heterocycles. The van der Waals surface area contributed by atoms with E-state index in [1.807, 2.05) is 19.1 Å². The van der Waals surface area contributed by atoms with Crippen molar-refractivity contribution in [1.82, 2.24) is 29.9 Å². The van der Waals surface area contributed by atoms with Crippen molar-refractivity contribution in [2.75, 3.05) is 0 Å². The number of hydrogen-bond donors (Lipinski definition) is 0. The molecule has 3 fully saturated rings. The van der Waals surface area contributed by atoms with E-state index in [2.05, 4.69) is 32.0 Å². The molecule has 1 saturated carbocycles. The number of aromatic nitrogens is 5. The zero-order valence-corrected chi connectivity index (χ0v) is 19.9. The number of benzene rings is 1. The zero-order chi connectivity index (χ0) is 23.4. The van der Waals surface area contributed by atoms with E-state index in [-0.39, 0.29) is 23.8 Å². The van der Waals surface area contributed by atoms with Crippen LogP contribution in [0.2, 0.25) is 0 Å². The predicted octanol–water partition coefficient (Wildman–Crippen LogP) is 4.59. The molecule has 0 N–H and O–H groups in total. The summed E-state index contributed by atoms with van der Waals surface area (Å²) in [5.41, 5.74) is 2.48. The third-order valence-electron chi connectivity index (χ3n) is 7.38. The molecule has 2 aliphatic heterocycles. The lowest BCUT2D eigenvalue weighted by Crippen LogP contribution is -2.63. The van der Waals surface area contributed by atoms with Gasteiger partial charge in [0.25, 0.3) is 5.91 Å². The van der Waals surface area contributed by atoms with Crippen molar-refractivity contribution < 1.29 is 9.18 Å². The molecule has 1 aromatic carbocycles. The van der Waals surface area contributed by atoms with Crippen LogP contribution in [-0.4, -0.2) is 47.9 Å². The van der Waals surface area contributed by atoms with Gasteiger partial charge in [0.15, 0.2) is 5.69 Å². The second kappa shape index (κ2) is 8.23. The maximum Gasteiger partial charge on any atom is 0.275 e. The zero-order valence-electron chi connectivity index (χ0n) is 19.1. The smallest absolute Gasteiger partial charge is 0.275 e. The first-order valence-electron chi connectivity index (χ1n) is 11.7. The van der Waals surface area contributed by atoms with Gasteiger partial charge < -0.3 is 4.90 Å². The third-order valence-corrected chi connectivity index (χ3v) is 8.48. The molecule has 3 aliphatic rings. The molecule has 9 heteroatoms. The molecule has 1 unspecified atom stereocenters. The van der Waals surface area contributed by atoms with Crippen molar-refractivity contribution in [2.45, 2.75) is 51.6 Å². The minimum absolute atomic E-state index is 0.0534. The highest BCUT2D eigenvalue weighted by Crippen LogP contribution is 2.48. The first-order chi connectivity index (χ1) is 16.5. The Kier molecular flexibility index (Phi) is 5.17. The third kappa shape index (κ3) is 3.58. The molecule has 1 aliphatic carbocycles. The highest BCUT2D eigenvalue weighted by Gasteiger charge is 2.50. The van der Waals surface area contributed by atoms with Crippen LogP contribution < -0.4 is 0 Å². The first kappa shape index (κ1) is 21.3. The number of pyridine rings is 1. The quantitative estimate of drug-likeness (QED) is 0.421. The summed E-state index contributed by atoms with van der Waals surface area (Å²) < 4.78 is 14.6. The summed E-state index contributed by atoms with van der Waals surface area (Å²) in [6.45, 7) is 4.15. The van der Waals surface area contributed by atoms with Gasteiger partial charge in [-0.15, -0.1) is 16.1 Å². The highest BCUT2D eigenvalue weighted by molar-refractivity contribution is 7.18. The molecular formula is C25H25FN6OS. The number of halogens is 1. The lowest BCUT2D eigenvalue weighted by molar-refractivity contribution is -0.0573. The predicted molar refractivity (Wildman–Crippen MR) is 127 cm³/mol. The minimum Gasteiger partial charge on any atom is -0.331 e. The van der Waals surface area contributed by atoms with E-state index >= 15 is 0 Å². The van der Waals surface area contributed by atoms with Crippen molar-refractivity contribution >= 4 is 27.5 Å². The van der Waals surface area contributed by atoms with Gasteiger partial charge in [-0.1, -0.05) is 6.92 Å². The maximum absolute atomic E-state index is 14.0. The molecule has 34 heavy (non-hydrogen) atoms. The van der Waals surface area contributed by atoms with Crippen LogP contribution in [0.25, 0.3) is 15.9 Å². The number of carbonyl (C=O) groups is 1. The highest BCUT2D eigenvalue weighted by atomic mass is 32.1. The van der Waals surface area contributed by atoms with Crippen LogP contribution >= 0.6 is 11.3 Å². The van der Waals surface area contributed by atoms with Gasteiger partial charge in [-0.25, -0.2) is 14.4 Å². The van der Waals surface area contributed by atoms with Crippen molar-refractivity contribution in [1.29, 1.82) is 0 Å². The number of fused-ring (bicyclic) bond motifs is 3. The van der Waals surface area contributed by atoms with Crippen LogP contribution in [0, 0.1) is 24.6 Å². The molecule has 1 amide bonds. The van der Waals surface area contributed by atoms with Crippen LogP contribution in [0.15, 0.2) is 42.7 Å². The average molecular weight is 477 g/mol. The summed E-state index contributed by atoms with van der Waals surface area (Å²) in [4.78, 5) is 26.8. The van der Waals surface area contributed by atoms with Crippen molar-refractivity contribution in [3.05, 3.63) is 64.9 Å². The number of piperidine rings is 2. The Labute approximate surface area is 200 Å². The van der Waals surface area contributed by atoms with E-state index in [0.29, 0.717) is 28.7 Å². The number of nitrogens with zero attached hydrogens (tertiary/aromatic N) is 6. The molecule has 174 valence electrons. The molecule has 7 nitrogen and oxygen atoms in total. The average Bonchev–Trinajstić information content (AvgIpc) is 3.46. The maximum atomic E-state index is 14.0. The minimum atomic E-state index is -0.268. The van der Waals surface area contributed by atoms with E-state index in [4.69, 9.17) is 0 Å². The van der Waals surface area contributed by atoms with E-state index in [0.717, 1.165) is 41.1 Å². The molecule has 7 rings (SSSR count). The van der Waals surface area contributed by atoms with E-state index in [1.165, 1.54) is 16.9 Å². The molecule has 2 atom stereocenters. The van der Waals surface area contributed by atoms with Crippen LogP contribution in [0.3, 0.4) is 0 Å². The van der Waals surface area contributed by atoms with Gasteiger partial charge >= 0.3 is 0 Å². The monoisotopic (exact) mass is 476 g/mol. The van der Waals surface area contributed by atoms with E-state index in [9.17, 15) is 9.18 Å². The van der Waals surface area contributed by atoms with Gasteiger partial charge in [-0.05, 0) is 62.3 Å². The largest absolute Gasteiger partial charge is 0.331 e. The molecule has 2 bridgehead atoms. The topological polar surface area (TPSA) is 76.8 Å². The number of carbonyl (C=O) groups excluding carboxylic acids is 1. The van der Waals surface area contributed by atoms with Crippen LogP contribution in [0.1, 0.15) is 47.4 Å². The van der Waals surface area contributed by atoms with Crippen LogP contribution in [0.5, 0.6) is 0 Å². The van der Waals surface area contributed by atoms with Crippen molar-refractivity contribution in [2.24, 2.45) is 11.8 Å². The fraction of sp³-hybridized carbons (Fsp3) is 0.400. The second-order valence-corrected chi connectivity index (χ2v) is 10.5. The number of thiazole rings is 1. The Morgan fingerprint density at radius 3 is 2.74 bits per heavy atom. The Bertz CT molecular complexity index is 1360.